The van der Waals surface area contributed by atoms with E-state index in [9.17, 15) is 4.39 Å². The first-order valence-corrected chi connectivity index (χ1v) is 5.84. The minimum Gasteiger partial charge on any atom is -0.278 e. The molecule has 88 valence electrons. The number of rotatable bonds is 1. The van der Waals surface area contributed by atoms with Crippen molar-refractivity contribution in [2.45, 2.75) is 6.92 Å². The van der Waals surface area contributed by atoms with Crippen LogP contribution in [-0.2, 0) is 0 Å². The average Bonchev–Trinajstić information content (AvgIpc) is 2.41. The summed E-state index contributed by atoms with van der Waals surface area (Å²) < 4.78 is 15.3. The van der Waals surface area contributed by atoms with Gasteiger partial charge in [0.2, 0.25) is 0 Å². The molecule has 0 radical (unpaired) electrons. The standard InChI is InChI=1S/C16H12FN/c1-12-11-14(8-9-15(12)17)18-10-4-6-13-5-2-3-7-16(13)18/h2-9,11H,1H3. The summed E-state index contributed by atoms with van der Waals surface area (Å²) in [5, 5.41) is 1.14. The van der Waals surface area contributed by atoms with E-state index in [0.717, 1.165) is 16.6 Å². The Morgan fingerprint density at radius 2 is 1.89 bits per heavy atom. The van der Waals surface area contributed by atoms with Gasteiger partial charge in [-0.3, -0.25) is 4.57 Å². The van der Waals surface area contributed by atoms with Crippen LogP contribution in [0.4, 0.5) is 4.39 Å². The second-order valence-electron chi connectivity index (χ2n) is 4.29. The number of para-hydroxylation sites is 1. The molecule has 0 aliphatic heterocycles. The van der Waals surface area contributed by atoms with Crippen molar-refractivity contribution >= 4 is 10.9 Å². The van der Waals surface area contributed by atoms with E-state index >= 15 is 0 Å². The van der Waals surface area contributed by atoms with Crippen molar-refractivity contribution in [2.75, 3.05) is 0 Å². The second-order valence-corrected chi connectivity index (χ2v) is 4.29. The van der Waals surface area contributed by atoms with Crippen molar-refractivity contribution in [1.29, 1.82) is 0 Å². The van der Waals surface area contributed by atoms with Crippen molar-refractivity contribution < 1.29 is 8.96 Å². The predicted octanol–water partition coefficient (Wildman–Crippen LogP) is 3.36. The first-order valence-electron chi connectivity index (χ1n) is 5.84. The maximum absolute atomic E-state index is 13.3. The highest BCUT2D eigenvalue weighted by atomic mass is 19.1. The van der Waals surface area contributed by atoms with Crippen LogP contribution in [0.25, 0.3) is 16.6 Å². The zero-order valence-electron chi connectivity index (χ0n) is 10.0. The van der Waals surface area contributed by atoms with Crippen LogP contribution in [0.5, 0.6) is 0 Å². The van der Waals surface area contributed by atoms with E-state index in [0.29, 0.717) is 5.56 Å². The third-order valence-electron chi connectivity index (χ3n) is 3.04. The SMILES string of the molecule is Cc1cc(-[n+]2[c-]ccc3ccccc32)ccc1F. The van der Waals surface area contributed by atoms with Crippen molar-refractivity contribution in [2.24, 2.45) is 0 Å². The van der Waals surface area contributed by atoms with Crippen LogP contribution in [-0.4, -0.2) is 0 Å². The average molecular weight is 237 g/mol. The molecule has 0 amide bonds. The van der Waals surface area contributed by atoms with Gasteiger partial charge < -0.3 is 0 Å². The lowest BCUT2D eigenvalue weighted by Crippen LogP contribution is -2.31. The third-order valence-corrected chi connectivity index (χ3v) is 3.04. The summed E-state index contributed by atoms with van der Waals surface area (Å²) >= 11 is 0. The second kappa shape index (κ2) is 4.22. The highest BCUT2D eigenvalue weighted by molar-refractivity contribution is 5.75. The number of aromatic nitrogens is 1. The zero-order valence-corrected chi connectivity index (χ0v) is 10.0. The van der Waals surface area contributed by atoms with Crippen molar-refractivity contribution in [3.05, 3.63) is 72.2 Å². The number of hydrogen-bond donors (Lipinski definition) is 0. The fourth-order valence-electron chi connectivity index (χ4n) is 2.08. The number of pyridine rings is 1. The van der Waals surface area contributed by atoms with E-state index in [1.807, 2.05) is 41.0 Å². The van der Waals surface area contributed by atoms with Gasteiger partial charge in [-0.05, 0) is 42.1 Å². The maximum Gasteiger partial charge on any atom is 0.152 e. The Hall–Kier alpha value is -2.22. The molecule has 1 aromatic heterocycles. The van der Waals surface area contributed by atoms with Gasteiger partial charge in [0.15, 0.2) is 6.20 Å². The van der Waals surface area contributed by atoms with Gasteiger partial charge >= 0.3 is 0 Å². The topological polar surface area (TPSA) is 3.88 Å². The lowest BCUT2D eigenvalue weighted by molar-refractivity contribution is -0.571. The van der Waals surface area contributed by atoms with Crippen molar-refractivity contribution in [3.63, 3.8) is 0 Å². The van der Waals surface area contributed by atoms with E-state index in [1.54, 1.807) is 13.0 Å². The highest BCUT2D eigenvalue weighted by Gasteiger charge is 2.06. The fraction of sp³-hybridized carbons (Fsp3) is 0.0625. The Kier molecular flexibility index (Phi) is 2.56. The molecule has 3 aromatic rings. The molecular formula is C16H12FN. The molecule has 2 heteroatoms. The van der Waals surface area contributed by atoms with Crippen LogP contribution in [0.3, 0.4) is 0 Å². The first kappa shape index (κ1) is 10.9. The molecule has 0 aliphatic carbocycles. The molecule has 0 aliphatic rings. The lowest BCUT2D eigenvalue weighted by atomic mass is 10.1. The fourth-order valence-corrected chi connectivity index (χ4v) is 2.08. The molecule has 0 fully saturated rings. The van der Waals surface area contributed by atoms with E-state index < -0.39 is 0 Å². The molecule has 18 heavy (non-hydrogen) atoms. The van der Waals surface area contributed by atoms with Gasteiger partial charge in [0.25, 0.3) is 0 Å². The number of aryl methyl sites for hydroxylation is 1. The number of hydrogen-bond acceptors (Lipinski definition) is 0. The van der Waals surface area contributed by atoms with Crippen LogP contribution in [0, 0.1) is 18.9 Å². The summed E-state index contributed by atoms with van der Waals surface area (Å²) in [5.41, 5.74) is 2.62. The van der Waals surface area contributed by atoms with Crippen LogP contribution in [0.15, 0.2) is 54.6 Å². The van der Waals surface area contributed by atoms with Gasteiger partial charge in [0.05, 0.1) is 0 Å². The molecule has 1 heterocycles. The van der Waals surface area contributed by atoms with Crippen LogP contribution in [0.2, 0.25) is 0 Å². The molecule has 0 spiro atoms. The van der Waals surface area contributed by atoms with Crippen LogP contribution < -0.4 is 4.57 Å². The van der Waals surface area contributed by atoms with Gasteiger partial charge in [0, 0.05) is 0 Å². The number of fused-ring (bicyclic) bond motifs is 1. The first-order chi connectivity index (χ1) is 8.75. The van der Waals surface area contributed by atoms with E-state index in [-0.39, 0.29) is 5.82 Å². The molecule has 2 aromatic carbocycles. The quantitative estimate of drug-likeness (QED) is 0.451. The lowest BCUT2D eigenvalue weighted by Gasteiger charge is -2.08. The summed E-state index contributed by atoms with van der Waals surface area (Å²) in [6, 6.07) is 17.1. The number of nitrogens with zero attached hydrogens (tertiary/aromatic N) is 1. The molecule has 0 saturated heterocycles. The Bertz CT molecular complexity index is 714. The van der Waals surface area contributed by atoms with E-state index in [2.05, 4.69) is 12.3 Å². The Balaban J connectivity index is 2.28. The highest BCUT2D eigenvalue weighted by Crippen LogP contribution is 2.13. The van der Waals surface area contributed by atoms with Crippen LogP contribution in [0.1, 0.15) is 5.56 Å². The minimum absolute atomic E-state index is 0.181. The summed E-state index contributed by atoms with van der Waals surface area (Å²) in [6.07, 6.45) is 3.17. The number of benzene rings is 2. The normalized spacial score (nSPS) is 10.8. The Morgan fingerprint density at radius 1 is 1.06 bits per heavy atom. The van der Waals surface area contributed by atoms with E-state index in [1.165, 1.54) is 6.07 Å². The molecule has 1 nitrogen and oxygen atoms in total. The van der Waals surface area contributed by atoms with Gasteiger partial charge in [-0.2, -0.15) is 0 Å². The Morgan fingerprint density at radius 3 is 2.72 bits per heavy atom. The van der Waals surface area contributed by atoms with Gasteiger partial charge in [-0.1, -0.05) is 24.3 Å². The van der Waals surface area contributed by atoms with Crippen molar-refractivity contribution in [1.82, 2.24) is 0 Å². The molecule has 0 N–H and O–H groups in total. The minimum atomic E-state index is -0.181. The molecule has 0 atom stereocenters. The molecule has 0 saturated carbocycles. The molecule has 0 bridgehead atoms. The third kappa shape index (κ3) is 1.76. The number of halogens is 1. The molecule has 0 unspecified atom stereocenters. The summed E-state index contributed by atoms with van der Waals surface area (Å²) in [7, 11) is 0. The van der Waals surface area contributed by atoms with Gasteiger partial charge in [-0.25, -0.2) is 4.39 Å². The maximum atomic E-state index is 13.3. The summed E-state index contributed by atoms with van der Waals surface area (Å²) in [5.74, 6) is -0.181. The van der Waals surface area contributed by atoms with Gasteiger partial charge in [0.1, 0.15) is 17.0 Å². The van der Waals surface area contributed by atoms with E-state index in [4.69, 9.17) is 0 Å². The van der Waals surface area contributed by atoms with Crippen molar-refractivity contribution in [3.8, 4) is 5.69 Å². The molecule has 3 rings (SSSR count). The van der Waals surface area contributed by atoms with Crippen LogP contribution >= 0.6 is 0 Å². The zero-order chi connectivity index (χ0) is 12.5. The predicted molar refractivity (Wildman–Crippen MR) is 69.0 cm³/mol. The molecular weight excluding hydrogens is 225 g/mol. The van der Waals surface area contributed by atoms with Gasteiger partial charge in [-0.15, -0.1) is 6.07 Å². The summed E-state index contributed by atoms with van der Waals surface area (Å²) in [6.45, 7) is 1.77. The summed E-state index contributed by atoms with van der Waals surface area (Å²) in [4.78, 5) is 0. The largest absolute Gasteiger partial charge is 0.278 e. The Labute approximate surface area is 105 Å². The smallest absolute Gasteiger partial charge is 0.152 e. The monoisotopic (exact) mass is 237 g/mol.